The fourth-order valence-electron chi connectivity index (χ4n) is 5.70. The number of urea groups is 1. The van der Waals surface area contributed by atoms with Crippen LogP contribution in [0.1, 0.15) is 71.6 Å². The number of likely N-dealkylation sites (tertiary alicyclic amines) is 1. The Bertz CT molecular complexity index is 1330. The van der Waals surface area contributed by atoms with E-state index < -0.39 is 15.3 Å². The molecule has 1 saturated carbocycles. The summed E-state index contributed by atoms with van der Waals surface area (Å²) in [6.07, 6.45) is 8.39. The van der Waals surface area contributed by atoms with Crippen molar-refractivity contribution < 1.29 is 27.5 Å². The molecule has 11 nitrogen and oxygen atoms in total. The number of rotatable bonds is 6. The van der Waals surface area contributed by atoms with Crippen LogP contribution in [-0.2, 0) is 27.8 Å². The zero-order chi connectivity index (χ0) is 27.1. The topological polar surface area (TPSA) is 137 Å². The van der Waals surface area contributed by atoms with Gasteiger partial charge in [-0.1, -0.05) is 0 Å². The Morgan fingerprint density at radius 2 is 1.64 bits per heavy atom. The van der Waals surface area contributed by atoms with Crippen LogP contribution < -0.4 is 9.88 Å². The molecule has 3 aliphatic heterocycles. The summed E-state index contributed by atoms with van der Waals surface area (Å²) in [5.74, 6) is 1.17. The summed E-state index contributed by atoms with van der Waals surface area (Å²) in [5, 5.41) is 4.68. The number of pyridine rings is 1. The van der Waals surface area contributed by atoms with Crippen molar-refractivity contribution in [2.24, 2.45) is 11.1 Å². The lowest BCUT2D eigenvalue weighted by Crippen LogP contribution is -2.48. The number of hydrogen-bond acceptors (Lipinski definition) is 7. The van der Waals surface area contributed by atoms with Gasteiger partial charge in [-0.05, 0) is 61.6 Å². The number of carbonyl (C=O) groups is 2. The van der Waals surface area contributed by atoms with Crippen molar-refractivity contribution in [1.29, 1.82) is 0 Å². The highest BCUT2D eigenvalue weighted by atomic mass is 32.2. The number of primary sulfonamides is 1. The van der Waals surface area contributed by atoms with Gasteiger partial charge in [0.25, 0.3) is 5.91 Å². The summed E-state index contributed by atoms with van der Waals surface area (Å²) < 4.78 is 36.3. The molecule has 2 saturated heterocycles. The SMILES string of the molecule is NS(=O)(=O)C1CCN(C(=O)N2Cc3cn(C(=O)c4cc(OCC5CCOCC5)nc(C5CC5)c4)cc3C2)CC1. The van der Waals surface area contributed by atoms with E-state index >= 15 is 0 Å². The van der Waals surface area contributed by atoms with Gasteiger partial charge in [-0.25, -0.2) is 23.3 Å². The summed E-state index contributed by atoms with van der Waals surface area (Å²) in [7, 11) is -3.58. The smallest absolute Gasteiger partial charge is 0.320 e. The van der Waals surface area contributed by atoms with Crippen molar-refractivity contribution in [3.63, 3.8) is 0 Å². The molecule has 210 valence electrons. The zero-order valence-corrected chi connectivity index (χ0v) is 22.8. The fourth-order valence-corrected chi connectivity index (χ4v) is 6.56. The van der Waals surface area contributed by atoms with E-state index in [0.29, 0.717) is 68.9 Å². The molecule has 0 radical (unpaired) electrons. The highest BCUT2D eigenvalue weighted by Crippen LogP contribution is 2.40. The maximum atomic E-state index is 13.5. The van der Waals surface area contributed by atoms with Crippen LogP contribution in [0.3, 0.4) is 0 Å². The second kappa shape index (κ2) is 10.5. The molecule has 39 heavy (non-hydrogen) atoms. The first-order valence-electron chi connectivity index (χ1n) is 13.8. The Balaban J connectivity index is 1.10. The molecule has 2 N–H and O–H groups in total. The Morgan fingerprint density at radius 1 is 0.974 bits per heavy atom. The number of hydrogen-bond donors (Lipinski definition) is 1. The molecule has 6 rings (SSSR count). The molecule has 0 unspecified atom stereocenters. The fraction of sp³-hybridized carbons (Fsp3) is 0.593. The molecule has 0 bridgehead atoms. The molecule has 12 heteroatoms. The normalized spacial score (nSPS) is 20.7. The number of ether oxygens (including phenoxy) is 2. The molecule has 2 aromatic heterocycles. The van der Waals surface area contributed by atoms with E-state index in [4.69, 9.17) is 19.6 Å². The first-order valence-corrected chi connectivity index (χ1v) is 15.4. The number of fused-ring (bicyclic) bond motifs is 1. The Morgan fingerprint density at radius 3 is 2.26 bits per heavy atom. The minimum Gasteiger partial charge on any atom is -0.477 e. The van der Waals surface area contributed by atoms with E-state index in [9.17, 15) is 18.0 Å². The molecule has 0 aromatic carbocycles. The predicted molar refractivity (Wildman–Crippen MR) is 142 cm³/mol. The van der Waals surface area contributed by atoms with E-state index in [1.807, 2.05) is 6.07 Å². The highest BCUT2D eigenvalue weighted by molar-refractivity contribution is 7.89. The summed E-state index contributed by atoms with van der Waals surface area (Å²) in [6, 6.07) is 3.50. The van der Waals surface area contributed by atoms with Crippen molar-refractivity contribution in [3.8, 4) is 5.88 Å². The lowest BCUT2D eigenvalue weighted by molar-refractivity contribution is 0.0490. The monoisotopic (exact) mass is 557 g/mol. The molecule has 0 atom stereocenters. The molecule has 0 spiro atoms. The van der Waals surface area contributed by atoms with Crippen LogP contribution in [0.5, 0.6) is 5.88 Å². The number of carbonyl (C=O) groups excluding carboxylic acids is 2. The van der Waals surface area contributed by atoms with Gasteiger partial charge in [-0.15, -0.1) is 0 Å². The maximum absolute atomic E-state index is 13.5. The Labute approximate surface area is 228 Å². The van der Waals surface area contributed by atoms with Gasteiger partial charge in [-0.3, -0.25) is 9.36 Å². The average molecular weight is 558 g/mol. The number of amides is 2. The van der Waals surface area contributed by atoms with Gasteiger partial charge >= 0.3 is 6.03 Å². The minimum absolute atomic E-state index is 0.119. The zero-order valence-electron chi connectivity index (χ0n) is 22.0. The Kier molecular flexibility index (Phi) is 7.11. The number of piperidine rings is 1. The van der Waals surface area contributed by atoms with E-state index in [1.54, 1.807) is 32.8 Å². The third kappa shape index (κ3) is 5.82. The molecular weight excluding hydrogens is 522 g/mol. The second-order valence-corrected chi connectivity index (χ2v) is 13.0. The Hall–Kier alpha value is -2.96. The first kappa shape index (κ1) is 26.3. The van der Waals surface area contributed by atoms with E-state index in [0.717, 1.165) is 55.7 Å². The summed E-state index contributed by atoms with van der Waals surface area (Å²) >= 11 is 0. The number of aromatic nitrogens is 2. The molecule has 4 aliphatic rings. The van der Waals surface area contributed by atoms with Crippen LogP contribution in [0.15, 0.2) is 24.5 Å². The van der Waals surface area contributed by atoms with Crippen molar-refractivity contribution in [2.75, 3.05) is 32.9 Å². The highest BCUT2D eigenvalue weighted by Gasteiger charge is 2.34. The van der Waals surface area contributed by atoms with E-state index in [1.165, 1.54) is 0 Å². The van der Waals surface area contributed by atoms with Crippen molar-refractivity contribution >= 4 is 22.0 Å². The maximum Gasteiger partial charge on any atom is 0.320 e. The average Bonchev–Trinajstić information content (AvgIpc) is 3.61. The molecule has 2 amide bonds. The van der Waals surface area contributed by atoms with Gasteiger partial charge in [0.2, 0.25) is 15.9 Å². The van der Waals surface area contributed by atoms with Crippen LogP contribution in [0.2, 0.25) is 0 Å². The van der Waals surface area contributed by atoms with Crippen LogP contribution in [0.4, 0.5) is 4.79 Å². The molecule has 5 heterocycles. The first-order chi connectivity index (χ1) is 18.7. The lowest BCUT2D eigenvalue weighted by atomic mass is 10.0. The number of nitrogens with two attached hydrogens (primary N) is 1. The van der Waals surface area contributed by atoms with Gasteiger partial charge < -0.3 is 19.3 Å². The summed E-state index contributed by atoms with van der Waals surface area (Å²) in [5.41, 5.74) is 3.32. The second-order valence-electron chi connectivity index (χ2n) is 11.2. The van der Waals surface area contributed by atoms with Crippen molar-refractivity contribution in [2.45, 2.75) is 62.8 Å². The molecular formula is C27H35N5O6S. The summed E-state index contributed by atoms with van der Waals surface area (Å²) in [6.45, 7) is 3.63. The van der Waals surface area contributed by atoms with Crippen LogP contribution >= 0.6 is 0 Å². The standard InChI is InChI=1S/C27H35N5O6S/c28-39(35,36)23-3-7-30(8-4-23)27(34)32-15-21-13-31(14-22(21)16-32)26(33)20-11-24(19-1-2-19)29-25(12-20)38-17-18-5-9-37-10-6-18/h11-14,18-19,23H,1-10,15-17H2,(H2,28,35,36). The number of nitrogens with zero attached hydrogens (tertiary/aromatic N) is 4. The molecule has 2 aromatic rings. The number of sulfonamides is 1. The van der Waals surface area contributed by atoms with E-state index in [2.05, 4.69) is 0 Å². The van der Waals surface area contributed by atoms with Crippen molar-refractivity contribution in [1.82, 2.24) is 19.4 Å². The van der Waals surface area contributed by atoms with Gasteiger partial charge in [0, 0.05) is 75.0 Å². The van der Waals surface area contributed by atoms with Crippen LogP contribution in [-0.4, -0.2) is 77.9 Å². The third-order valence-electron chi connectivity index (χ3n) is 8.28. The van der Waals surface area contributed by atoms with Gasteiger partial charge in [0.1, 0.15) is 0 Å². The summed E-state index contributed by atoms with van der Waals surface area (Å²) in [4.78, 5) is 34.7. The lowest BCUT2D eigenvalue weighted by Gasteiger charge is -2.33. The largest absolute Gasteiger partial charge is 0.477 e. The quantitative estimate of drug-likeness (QED) is 0.576. The third-order valence-corrected chi connectivity index (χ3v) is 9.68. The van der Waals surface area contributed by atoms with Gasteiger partial charge in [0.05, 0.1) is 11.9 Å². The van der Waals surface area contributed by atoms with Crippen LogP contribution in [0.25, 0.3) is 0 Å². The van der Waals surface area contributed by atoms with Gasteiger partial charge in [-0.2, -0.15) is 0 Å². The van der Waals surface area contributed by atoms with Crippen LogP contribution in [0, 0.1) is 5.92 Å². The van der Waals surface area contributed by atoms with Gasteiger partial charge in [0.15, 0.2) is 0 Å². The van der Waals surface area contributed by atoms with E-state index in [-0.39, 0.29) is 11.9 Å². The van der Waals surface area contributed by atoms with Crippen molar-refractivity contribution in [3.05, 3.63) is 46.9 Å². The molecule has 3 fully saturated rings. The minimum atomic E-state index is -3.58. The molecule has 1 aliphatic carbocycles. The predicted octanol–water partition coefficient (Wildman–Crippen LogP) is 2.44.